The molecule has 2 N–H and O–H groups in total. The van der Waals surface area contributed by atoms with Crippen LogP contribution in [0.15, 0.2) is 12.2 Å². The van der Waals surface area contributed by atoms with Crippen LogP contribution in [0.5, 0.6) is 0 Å². The summed E-state index contributed by atoms with van der Waals surface area (Å²) in [5.41, 5.74) is 1.05. The summed E-state index contributed by atoms with van der Waals surface area (Å²) in [6.45, 7) is 7.86. The van der Waals surface area contributed by atoms with Gasteiger partial charge in [0.1, 0.15) is 0 Å². The van der Waals surface area contributed by atoms with Gasteiger partial charge in [-0.2, -0.15) is 0 Å². The molecule has 1 aliphatic carbocycles. The maximum atomic E-state index is 9.70. The minimum atomic E-state index is -0.167. The quantitative estimate of drug-likeness (QED) is 0.518. The van der Waals surface area contributed by atoms with Gasteiger partial charge in [0, 0.05) is 12.6 Å². The van der Waals surface area contributed by atoms with Gasteiger partial charge in [-0.05, 0) is 19.8 Å². The molecular weight excluding hydrogens is 190 g/mol. The lowest BCUT2D eigenvalue weighted by Crippen LogP contribution is -2.43. The minimum absolute atomic E-state index is 0.167. The van der Waals surface area contributed by atoms with Crippen molar-refractivity contribution in [3.05, 3.63) is 12.2 Å². The second-order valence-corrected chi connectivity index (χ2v) is 4.42. The Hall–Kier alpha value is -0.380. The maximum absolute atomic E-state index is 9.70. The summed E-state index contributed by atoms with van der Waals surface area (Å²) in [5, 5.41) is 13.0. The van der Waals surface area contributed by atoms with E-state index in [1.165, 1.54) is 6.42 Å². The van der Waals surface area contributed by atoms with Crippen LogP contribution in [0.2, 0.25) is 0 Å². The van der Waals surface area contributed by atoms with Crippen LogP contribution >= 0.6 is 0 Å². The monoisotopic (exact) mass is 213 g/mol. The summed E-state index contributed by atoms with van der Waals surface area (Å²) >= 11 is 0. The van der Waals surface area contributed by atoms with Gasteiger partial charge in [0.25, 0.3) is 0 Å². The van der Waals surface area contributed by atoms with Crippen LogP contribution < -0.4 is 5.32 Å². The van der Waals surface area contributed by atoms with Crippen molar-refractivity contribution in [1.29, 1.82) is 0 Å². The highest BCUT2D eigenvalue weighted by Crippen LogP contribution is 2.17. The highest BCUT2D eigenvalue weighted by molar-refractivity contribution is 4.87. The normalized spacial score (nSPS) is 26.5. The molecule has 0 radical (unpaired) electrons. The van der Waals surface area contributed by atoms with Crippen molar-refractivity contribution >= 4 is 0 Å². The van der Waals surface area contributed by atoms with Crippen molar-refractivity contribution < 1.29 is 9.84 Å². The van der Waals surface area contributed by atoms with E-state index in [4.69, 9.17) is 4.74 Å². The van der Waals surface area contributed by atoms with Crippen molar-refractivity contribution in [2.24, 2.45) is 0 Å². The molecule has 0 aromatic rings. The molecular formula is C12H23NO2. The van der Waals surface area contributed by atoms with Crippen LogP contribution in [0.1, 0.15) is 32.6 Å². The highest BCUT2D eigenvalue weighted by atomic mass is 16.5. The van der Waals surface area contributed by atoms with E-state index in [0.29, 0.717) is 13.2 Å². The first kappa shape index (κ1) is 12.7. The lowest BCUT2D eigenvalue weighted by Gasteiger charge is -2.28. The van der Waals surface area contributed by atoms with Crippen LogP contribution in [-0.2, 0) is 4.74 Å². The van der Waals surface area contributed by atoms with Crippen molar-refractivity contribution in [2.45, 2.75) is 44.8 Å². The fraction of sp³-hybridized carbons (Fsp3) is 0.833. The lowest BCUT2D eigenvalue weighted by atomic mass is 9.93. The lowest BCUT2D eigenvalue weighted by molar-refractivity contribution is 0.0829. The third-order valence-electron chi connectivity index (χ3n) is 2.73. The molecule has 15 heavy (non-hydrogen) atoms. The van der Waals surface area contributed by atoms with Crippen LogP contribution in [0.4, 0.5) is 0 Å². The Morgan fingerprint density at radius 3 is 2.87 bits per heavy atom. The number of nitrogens with one attached hydrogen (secondary N) is 1. The number of ether oxygens (including phenoxy) is 1. The molecule has 0 aromatic carbocycles. The predicted molar refractivity (Wildman–Crippen MR) is 61.9 cm³/mol. The van der Waals surface area contributed by atoms with E-state index >= 15 is 0 Å². The van der Waals surface area contributed by atoms with Gasteiger partial charge < -0.3 is 15.2 Å². The third kappa shape index (κ3) is 5.30. The molecule has 2 atom stereocenters. The molecule has 0 aliphatic heterocycles. The molecule has 1 aliphatic rings. The number of hydrogen-bond donors (Lipinski definition) is 2. The Bertz CT molecular complexity index is 194. The number of rotatable bonds is 6. The molecule has 1 rings (SSSR count). The second kappa shape index (κ2) is 6.99. The smallest absolute Gasteiger partial charge is 0.0693 e. The Morgan fingerprint density at radius 1 is 1.47 bits per heavy atom. The van der Waals surface area contributed by atoms with Gasteiger partial charge in [-0.25, -0.2) is 0 Å². The van der Waals surface area contributed by atoms with Crippen molar-refractivity contribution in [2.75, 3.05) is 19.8 Å². The first-order valence-electron chi connectivity index (χ1n) is 5.83. The standard InChI is InChI=1S/C12H23NO2/c1-10(2)9-15-8-7-13-11-5-3-4-6-12(11)14/h11-14H,1,3-9H2,2H3. The average Bonchev–Trinajstić information content (AvgIpc) is 2.20. The van der Waals surface area contributed by atoms with Gasteiger partial charge in [-0.15, -0.1) is 0 Å². The van der Waals surface area contributed by atoms with Crippen LogP contribution in [0, 0.1) is 0 Å². The third-order valence-corrected chi connectivity index (χ3v) is 2.73. The van der Waals surface area contributed by atoms with Gasteiger partial charge in [-0.3, -0.25) is 0 Å². The second-order valence-electron chi connectivity index (χ2n) is 4.42. The van der Waals surface area contributed by atoms with Crippen molar-refractivity contribution in [3.63, 3.8) is 0 Å². The molecule has 1 fully saturated rings. The molecule has 0 amide bonds. The van der Waals surface area contributed by atoms with Gasteiger partial charge in [0.15, 0.2) is 0 Å². The summed E-state index contributed by atoms with van der Waals surface area (Å²) in [6.07, 6.45) is 4.23. The SMILES string of the molecule is C=C(C)COCCNC1CCCCC1O. The highest BCUT2D eigenvalue weighted by Gasteiger charge is 2.21. The van der Waals surface area contributed by atoms with Crippen molar-refractivity contribution in [1.82, 2.24) is 5.32 Å². The topological polar surface area (TPSA) is 41.5 Å². The molecule has 88 valence electrons. The number of aliphatic hydroxyl groups is 1. The van der Waals surface area contributed by atoms with Gasteiger partial charge in [0.2, 0.25) is 0 Å². The Labute approximate surface area is 92.5 Å². The summed E-state index contributed by atoms with van der Waals surface area (Å²) in [5.74, 6) is 0. The number of aliphatic hydroxyl groups excluding tert-OH is 1. The maximum Gasteiger partial charge on any atom is 0.0693 e. The van der Waals surface area contributed by atoms with E-state index in [1.807, 2.05) is 6.92 Å². The minimum Gasteiger partial charge on any atom is -0.392 e. The number of hydrogen-bond acceptors (Lipinski definition) is 3. The first-order chi connectivity index (χ1) is 7.20. The largest absolute Gasteiger partial charge is 0.392 e. The molecule has 0 saturated heterocycles. The molecule has 2 unspecified atom stereocenters. The summed E-state index contributed by atoms with van der Waals surface area (Å²) in [7, 11) is 0. The summed E-state index contributed by atoms with van der Waals surface area (Å²) < 4.78 is 5.38. The van der Waals surface area contributed by atoms with Gasteiger partial charge >= 0.3 is 0 Å². The predicted octanol–water partition coefficient (Wildman–Crippen LogP) is 1.47. The van der Waals surface area contributed by atoms with Crippen LogP contribution in [0.25, 0.3) is 0 Å². The van der Waals surface area contributed by atoms with E-state index in [1.54, 1.807) is 0 Å². The molecule has 0 heterocycles. The fourth-order valence-electron chi connectivity index (χ4n) is 1.91. The van der Waals surface area contributed by atoms with E-state index in [0.717, 1.165) is 31.4 Å². The average molecular weight is 213 g/mol. The molecule has 1 saturated carbocycles. The molecule has 0 bridgehead atoms. The van der Waals surface area contributed by atoms with E-state index < -0.39 is 0 Å². The van der Waals surface area contributed by atoms with Crippen LogP contribution in [-0.4, -0.2) is 37.0 Å². The molecule has 0 spiro atoms. The zero-order valence-electron chi connectivity index (χ0n) is 9.67. The summed E-state index contributed by atoms with van der Waals surface area (Å²) in [4.78, 5) is 0. The first-order valence-corrected chi connectivity index (χ1v) is 5.83. The Balaban J connectivity index is 2.01. The zero-order valence-corrected chi connectivity index (χ0v) is 9.67. The molecule has 3 heteroatoms. The van der Waals surface area contributed by atoms with E-state index in [2.05, 4.69) is 11.9 Å². The summed E-state index contributed by atoms with van der Waals surface area (Å²) in [6, 6.07) is 0.271. The fourth-order valence-corrected chi connectivity index (χ4v) is 1.91. The van der Waals surface area contributed by atoms with Gasteiger partial charge in [-0.1, -0.05) is 25.0 Å². The van der Waals surface area contributed by atoms with E-state index in [9.17, 15) is 5.11 Å². The Kier molecular flexibility index (Phi) is 5.91. The van der Waals surface area contributed by atoms with Crippen molar-refractivity contribution in [3.8, 4) is 0 Å². The van der Waals surface area contributed by atoms with E-state index in [-0.39, 0.29) is 12.1 Å². The zero-order chi connectivity index (χ0) is 11.1. The van der Waals surface area contributed by atoms with Crippen LogP contribution in [0.3, 0.4) is 0 Å². The molecule has 0 aromatic heterocycles. The van der Waals surface area contributed by atoms with Gasteiger partial charge in [0.05, 0.1) is 19.3 Å². The Morgan fingerprint density at radius 2 is 2.20 bits per heavy atom. The molecule has 3 nitrogen and oxygen atoms in total.